The normalized spacial score (nSPS) is 17.6. The minimum atomic E-state index is 0.0327. The number of rotatable bonds is 4. The number of aromatic nitrogens is 3. The lowest BCUT2D eigenvalue weighted by molar-refractivity contribution is -0.00439. The fraction of sp³-hybridized carbons (Fsp3) is 0.350. The molecule has 3 heterocycles. The van der Waals surface area contributed by atoms with Crippen molar-refractivity contribution in [1.29, 1.82) is 0 Å². The Labute approximate surface area is 152 Å². The number of amides is 1. The first kappa shape index (κ1) is 16.7. The third kappa shape index (κ3) is 3.32. The zero-order chi connectivity index (χ0) is 17.9. The highest BCUT2D eigenvalue weighted by atomic mass is 16.5. The van der Waals surface area contributed by atoms with Gasteiger partial charge in [-0.3, -0.25) is 14.8 Å². The number of carbonyl (C=O) groups is 1. The standard InChI is InChI=1S/C20H22N4O2/c1-14-17(22-9-8-21-14)7-6-16-13-26-11-10-24(16)20(25)19-12-15-4-2-3-5-18(15)23-19/h2-5,8-9,12,16,23H,6-7,10-11,13H2,1H3. The number of nitrogens with one attached hydrogen (secondary N) is 1. The minimum Gasteiger partial charge on any atom is -0.377 e. The van der Waals surface area contributed by atoms with E-state index in [2.05, 4.69) is 15.0 Å². The first-order valence-corrected chi connectivity index (χ1v) is 8.95. The Morgan fingerprint density at radius 2 is 2.15 bits per heavy atom. The van der Waals surface area contributed by atoms with Gasteiger partial charge in [0.05, 0.1) is 30.6 Å². The number of carbonyl (C=O) groups excluding carboxylic acids is 1. The smallest absolute Gasteiger partial charge is 0.270 e. The van der Waals surface area contributed by atoms with Crippen LogP contribution < -0.4 is 0 Å². The van der Waals surface area contributed by atoms with Gasteiger partial charge in [0.1, 0.15) is 5.69 Å². The number of hydrogen-bond donors (Lipinski definition) is 1. The summed E-state index contributed by atoms with van der Waals surface area (Å²) in [6.45, 7) is 3.71. The van der Waals surface area contributed by atoms with E-state index < -0.39 is 0 Å². The Bertz CT molecular complexity index is 888. The molecule has 6 nitrogen and oxygen atoms in total. The molecule has 0 aliphatic carbocycles. The summed E-state index contributed by atoms with van der Waals surface area (Å²) in [6.07, 6.45) is 5.01. The molecule has 1 aliphatic rings. The average molecular weight is 350 g/mol. The summed E-state index contributed by atoms with van der Waals surface area (Å²) in [5, 5.41) is 1.05. The van der Waals surface area contributed by atoms with Crippen molar-refractivity contribution < 1.29 is 9.53 Å². The molecule has 1 fully saturated rings. The summed E-state index contributed by atoms with van der Waals surface area (Å²) in [4.78, 5) is 26.9. The van der Waals surface area contributed by atoms with Gasteiger partial charge in [-0.05, 0) is 31.9 Å². The molecule has 0 bridgehead atoms. The summed E-state index contributed by atoms with van der Waals surface area (Å²) < 4.78 is 5.64. The van der Waals surface area contributed by atoms with Gasteiger partial charge < -0.3 is 14.6 Å². The second kappa shape index (κ2) is 7.25. The van der Waals surface area contributed by atoms with Crippen LogP contribution in [0.2, 0.25) is 0 Å². The molecule has 1 unspecified atom stereocenters. The number of fused-ring (bicyclic) bond motifs is 1. The number of morpholine rings is 1. The molecule has 0 radical (unpaired) electrons. The van der Waals surface area contributed by atoms with E-state index in [1.165, 1.54) is 0 Å². The Balaban J connectivity index is 1.51. The van der Waals surface area contributed by atoms with E-state index in [0.29, 0.717) is 25.5 Å². The van der Waals surface area contributed by atoms with Crippen molar-refractivity contribution >= 4 is 16.8 Å². The largest absolute Gasteiger partial charge is 0.377 e. The summed E-state index contributed by atoms with van der Waals surface area (Å²) in [5.74, 6) is 0.0327. The molecule has 1 saturated heterocycles. The summed E-state index contributed by atoms with van der Waals surface area (Å²) in [5.41, 5.74) is 3.54. The van der Waals surface area contributed by atoms with E-state index in [1.54, 1.807) is 12.4 Å². The molecule has 3 aromatic rings. The molecule has 1 aromatic carbocycles. The van der Waals surface area contributed by atoms with Crippen LogP contribution in [-0.2, 0) is 11.2 Å². The van der Waals surface area contributed by atoms with Crippen molar-refractivity contribution in [3.05, 3.63) is 59.8 Å². The van der Waals surface area contributed by atoms with Gasteiger partial charge in [-0.2, -0.15) is 0 Å². The van der Waals surface area contributed by atoms with Gasteiger partial charge in [-0.1, -0.05) is 18.2 Å². The van der Waals surface area contributed by atoms with Crippen LogP contribution in [0.1, 0.15) is 28.3 Å². The molecule has 1 atom stereocenters. The molecule has 1 aliphatic heterocycles. The van der Waals surface area contributed by atoms with E-state index in [1.807, 2.05) is 42.2 Å². The molecule has 134 valence electrons. The number of nitrogens with zero attached hydrogens (tertiary/aromatic N) is 3. The molecule has 4 rings (SSSR count). The lowest BCUT2D eigenvalue weighted by Gasteiger charge is -2.35. The Kier molecular flexibility index (Phi) is 4.67. The molecular weight excluding hydrogens is 328 g/mol. The summed E-state index contributed by atoms with van der Waals surface area (Å²) in [6, 6.07) is 9.91. The number of aryl methyl sites for hydroxylation is 2. The van der Waals surface area contributed by atoms with Crippen LogP contribution in [0.25, 0.3) is 10.9 Å². The van der Waals surface area contributed by atoms with Crippen molar-refractivity contribution in [2.24, 2.45) is 0 Å². The maximum absolute atomic E-state index is 13.1. The third-order valence-corrected chi connectivity index (χ3v) is 4.95. The predicted molar refractivity (Wildman–Crippen MR) is 99.0 cm³/mol. The topological polar surface area (TPSA) is 71.1 Å². The molecule has 1 N–H and O–H groups in total. The van der Waals surface area contributed by atoms with Gasteiger partial charge in [0.2, 0.25) is 0 Å². The van der Waals surface area contributed by atoms with Gasteiger partial charge in [0, 0.05) is 29.8 Å². The van der Waals surface area contributed by atoms with Crippen LogP contribution in [0.15, 0.2) is 42.7 Å². The van der Waals surface area contributed by atoms with Crippen molar-refractivity contribution in [2.75, 3.05) is 19.8 Å². The Hall–Kier alpha value is -2.73. The van der Waals surface area contributed by atoms with Crippen molar-refractivity contribution in [3.63, 3.8) is 0 Å². The van der Waals surface area contributed by atoms with E-state index in [4.69, 9.17) is 4.74 Å². The summed E-state index contributed by atoms with van der Waals surface area (Å²) >= 11 is 0. The molecule has 1 amide bonds. The SMILES string of the molecule is Cc1nccnc1CCC1COCCN1C(=O)c1cc2ccccc2[nH]1. The molecular formula is C20H22N4O2. The first-order chi connectivity index (χ1) is 12.7. The fourth-order valence-electron chi connectivity index (χ4n) is 3.49. The molecule has 26 heavy (non-hydrogen) atoms. The highest BCUT2D eigenvalue weighted by Crippen LogP contribution is 2.20. The highest BCUT2D eigenvalue weighted by Gasteiger charge is 2.29. The quantitative estimate of drug-likeness (QED) is 0.785. The number of benzene rings is 1. The highest BCUT2D eigenvalue weighted by molar-refractivity contribution is 5.98. The predicted octanol–water partition coefficient (Wildman–Crippen LogP) is 2.74. The van der Waals surface area contributed by atoms with E-state index in [-0.39, 0.29) is 11.9 Å². The molecule has 2 aromatic heterocycles. The van der Waals surface area contributed by atoms with E-state index in [9.17, 15) is 4.79 Å². The van der Waals surface area contributed by atoms with Crippen LogP contribution in [0.3, 0.4) is 0 Å². The van der Waals surface area contributed by atoms with Gasteiger partial charge in [-0.25, -0.2) is 0 Å². The maximum atomic E-state index is 13.1. The second-order valence-electron chi connectivity index (χ2n) is 6.62. The number of para-hydroxylation sites is 1. The number of aromatic amines is 1. The lowest BCUT2D eigenvalue weighted by Crippen LogP contribution is -2.49. The lowest BCUT2D eigenvalue weighted by atomic mass is 10.1. The minimum absolute atomic E-state index is 0.0327. The van der Waals surface area contributed by atoms with Gasteiger partial charge in [0.25, 0.3) is 5.91 Å². The van der Waals surface area contributed by atoms with E-state index >= 15 is 0 Å². The van der Waals surface area contributed by atoms with Crippen molar-refractivity contribution in [3.8, 4) is 0 Å². The van der Waals surface area contributed by atoms with Gasteiger partial charge >= 0.3 is 0 Å². The van der Waals surface area contributed by atoms with Crippen molar-refractivity contribution in [1.82, 2.24) is 19.9 Å². The van der Waals surface area contributed by atoms with Crippen LogP contribution in [0.5, 0.6) is 0 Å². The van der Waals surface area contributed by atoms with Crippen LogP contribution >= 0.6 is 0 Å². The van der Waals surface area contributed by atoms with Gasteiger partial charge in [-0.15, -0.1) is 0 Å². The van der Waals surface area contributed by atoms with E-state index in [0.717, 1.165) is 35.1 Å². The zero-order valence-corrected chi connectivity index (χ0v) is 14.8. The van der Waals surface area contributed by atoms with Gasteiger partial charge in [0.15, 0.2) is 0 Å². The average Bonchev–Trinajstić information content (AvgIpc) is 3.11. The number of ether oxygens (including phenoxy) is 1. The monoisotopic (exact) mass is 350 g/mol. The van der Waals surface area contributed by atoms with Crippen LogP contribution in [0.4, 0.5) is 0 Å². The second-order valence-corrected chi connectivity index (χ2v) is 6.62. The Morgan fingerprint density at radius 3 is 3.00 bits per heavy atom. The zero-order valence-electron chi connectivity index (χ0n) is 14.8. The van der Waals surface area contributed by atoms with Crippen LogP contribution in [0, 0.1) is 6.92 Å². The maximum Gasteiger partial charge on any atom is 0.270 e. The summed E-state index contributed by atoms with van der Waals surface area (Å²) in [7, 11) is 0. The fourth-order valence-corrected chi connectivity index (χ4v) is 3.49. The van der Waals surface area contributed by atoms with Crippen LogP contribution in [-0.4, -0.2) is 51.6 Å². The molecule has 6 heteroatoms. The third-order valence-electron chi connectivity index (χ3n) is 4.95. The first-order valence-electron chi connectivity index (χ1n) is 8.95. The number of hydrogen-bond acceptors (Lipinski definition) is 4. The number of H-pyrrole nitrogens is 1. The Morgan fingerprint density at radius 1 is 1.31 bits per heavy atom. The molecule has 0 spiro atoms. The molecule has 0 saturated carbocycles. The van der Waals surface area contributed by atoms with Crippen molar-refractivity contribution in [2.45, 2.75) is 25.8 Å².